The first kappa shape index (κ1) is 18.4. The number of rotatable bonds is 9. The fraction of sp³-hybridized carbons (Fsp3) is 0.333. The maximum Gasteiger partial charge on any atom is 0.243 e. The normalized spacial score (nSPS) is 11.6. The first-order chi connectivity index (χ1) is 11.6. The third kappa shape index (κ3) is 4.80. The standard InChI is InChI=1S/C18H24N2O3S/c1-2-23-17-9-11-18(12-10-17)24(21,22)20(14-6-13-19)15-16-7-4-3-5-8-16/h3-5,7-12H,2,6,13-15,19H2,1H3. The Morgan fingerprint density at radius 2 is 1.71 bits per heavy atom. The fourth-order valence-corrected chi connectivity index (χ4v) is 3.83. The van der Waals surface area contributed by atoms with E-state index in [-0.39, 0.29) is 4.90 Å². The minimum absolute atomic E-state index is 0.263. The molecule has 0 unspecified atom stereocenters. The quantitative estimate of drug-likeness (QED) is 0.756. The van der Waals surface area contributed by atoms with Crippen molar-refractivity contribution in [3.8, 4) is 5.75 Å². The molecular formula is C18H24N2O3S. The van der Waals surface area contributed by atoms with Crippen molar-refractivity contribution in [2.75, 3.05) is 19.7 Å². The van der Waals surface area contributed by atoms with Gasteiger partial charge < -0.3 is 10.5 Å². The molecule has 0 aliphatic heterocycles. The summed E-state index contributed by atoms with van der Waals surface area (Å²) >= 11 is 0. The topological polar surface area (TPSA) is 72.6 Å². The molecule has 0 spiro atoms. The van der Waals surface area contributed by atoms with E-state index < -0.39 is 10.0 Å². The van der Waals surface area contributed by atoms with E-state index in [4.69, 9.17) is 10.5 Å². The minimum atomic E-state index is -3.58. The van der Waals surface area contributed by atoms with Crippen LogP contribution in [-0.4, -0.2) is 32.4 Å². The Hall–Kier alpha value is -1.89. The molecule has 0 aliphatic carbocycles. The molecule has 2 N–H and O–H groups in total. The van der Waals surface area contributed by atoms with E-state index in [1.165, 1.54) is 4.31 Å². The van der Waals surface area contributed by atoms with Gasteiger partial charge in [0.05, 0.1) is 11.5 Å². The summed E-state index contributed by atoms with van der Waals surface area (Å²) in [5, 5.41) is 0. The zero-order valence-electron chi connectivity index (χ0n) is 13.9. The Morgan fingerprint density at radius 3 is 2.29 bits per heavy atom. The molecule has 2 aromatic carbocycles. The molecule has 0 aromatic heterocycles. The second-order valence-corrected chi connectivity index (χ2v) is 7.31. The number of ether oxygens (including phenoxy) is 1. The molecule has 0 saturated carbocycles. The van der Waals surface area contributed by atoms with Crippen molar-refractivity contribution in [2.24, 2.45) is 5.73 Å². The summed E-state index contributed by atoms with van der Waals surface area (Å²) in [5.74, 6) is 0.660. The van der Waals surface area contributed by atoms with Crippen LogP contribution in [0.1, 0.15) is 18.9 Å². The number of hydrogen-bond acceptors (Lipinski definition) is 4. The average Bonchev–Trinajstić information content (AvgIpc) is 2.60. The predicted molar refractivity (Wildman–Crippen MR) is 95.3 cm³/mol. The molecule has 0 amide bonds. The first-order valence-corrected chi connectivity index (χ1v) is 9.49. The van der Waals surface area contributed by atoms with Gasteiger partial charge >= 0.3 is 0 Å². The van der Waals surface area contributed by atoms with Crippen LogP contribution in [0.5, 0.6) is 5.75 Å². The summed E-state index contributed by atoms with van der Waals surface area (Å²) in [6.45, 7) is 3.60. The van der Waals surface area contributed by atoms with E-state index in [1.54, 1.807) is 24.3 Å². The molecule has 0 bridgehead atoms. The lowest BCUT2D eigenvalue weighted by atomic mass is 10.2. The predicted octanol–water partition coefficient (Wildman–Crippen LogP) is 2.63. The van der Waals surface area contributed by atoms with Gasteiger partial charge in [0.25, 0.3) is 0 Å². The van der Waals surface area contributed by atoms with Gasteiger partial charge in [0, 0.05) is 13.1 Å². The zero-order chi connectivity index (χ0) is 17.4. The van der Waals surface area contributed by atoms with E-state index in [9.17, 15) is 8.42 Å². The van der Waals surface area contributed by atoms with Gasteiger partial charge in [-0.1, -0.05) is 30.3 Å². The van der Waals surface area contributed by atoms with E-state index in [1.807, 2.05) is 37.3 Å². The molecule has 2 aromatic rings. The number of hydrogen-bond donors (Lipinski definition) is 1. The molecule has 5 nitrogen and oxygen atoms in total. The highest BCUT2D eigenvalue weighted by molar-refractivity contribution is 7.89. The first-order valence-electron chi connectivity index (χ1n) is 8.05. The highest BCUT2D eigenvalue weighted by atomic mass is 32.2. The summed E-state index contributed by atoms with van der Waals surface area (Å²) in [6.07, 6.45) is 0.614. The van der Waals surface area contributed by atoms with Gasteiger partial charge in [0.1, 0.15) is 5.75 Å². The lowest BCUT2D eigenvalue weighted by Crippen LogP contribution is -2.32. The Morgan fingerprint density at radius 1 is 1.04 bits per heavy atom. The maximum atomic E-state index is 13.0. The number of nitrogens with zero attached hydrogens (tertiary/aromatic N) is 1. The molecular weight excluding hydrogens is 324 g/mol. The van der Waals surface area contributed by atoms with Crippen LogP contribution < -0.4 is 10.5 Å². The number of sulfonamides is 1. The van der Waals surface area contributed by atoms with Crippen LogP contribution in [-0.2, 0) is 16.6 Å². The van der Waals surface area contributed by atoms with Gasteiger partial charge in [0.15, 0.2) is 0 Å². The Kier molecular flexibility index (Phi) is 6.78. The molecule has 0 radical (unpaired) electrons. The number of benzene rings is 2. The lowest BCUT2D eigenvalue weighted by molar-refractivity contribution is 0.340. The molecule has 24 heavy (non-hydrogen) atoms. The van der Waals surface area contributed by atoms with Crippen LogP contribution in [0.2, 0.25) is 0 Å². The minimum Gasteiger partial charge on any atom is -0.494 e. The SMILES string of the molecule is CCOc1ccc(S(=O)(=O)N(CCCN)Cc2ccccc2)cc1. The molecule has 130 valence electrons. The van der Waals surface area contributed by atoms with E-state index in [0.29, 0.717) is 38.4 Å². The second-order valence-electron chi connectivity index (χ2n) is 5.37. The summed E-state index contributed by atoms with van der Waals surface area (Å²) in [5.41, 5.74) is 6.52. The third-order valence-electron chi connectivity index (χ3n) is 3.59. The molecule has 2 rings (SSSR count). The van der Waals surface area contributed by atoms with Crippen molar-refractivity contribution < 1.29 is 13.2 Å². The van der Waals surface area contributed by atoms with Crippen LogP contribution in [0.3, 0.4) is 0 Å². The Bertz CT molecular complexity index is 716. The van der Waals surface area contributed by atoms with E-state index >= 15 is 0 Å². The van der Waals surface area contributed by atoms with Gasteiger partial charge in [-0.25, -0.2) is 8.42 Å². The van der Waals surface area contributed by atoms with Crippen LogP contribution in [0.25, 0.3) is 0 Å². The summed E-state index contributed by atoms with van der Waals surface area (Å²) in [7, 11) is -3.58. The summed E-state index contributed by atoms with van der Waals surface area (Å²) in [6, 6.07) is 16.1. The Labute approximate surface area is 144 Å². The molecule has 0 aliphatic rings. The maximum absolute atomic E-state index is 13.0. The average molecular weight is 348 g/mol. The van der Waals surface area contributed by atoms with Crippen molar-refractivity contribution in [3.63, 3.8) is 0 Å². The van der Waals surface area contributed by atoms with Crippen LogP contribution in [0.4, 0.5) is 0 Å². The van der Waals surface area contributed by atoms with Crippen molar-refractivity contribution in [2.45, 2.75) is 24.8 Å². The highest BCUT2D eigenvalue weighted by Gasteiger charge is 2.24. The van der Waals surface area contributed by atoms with Gasteiger partial charge in [-0.3, -0.25) is 0 Å². The molecule has 0 saturated heterocycles. The van der Waals surface area contributed by atoms with E-state index in [2.05, 4.69) is 0 Å². The zero-order valence-corrected chi connectivity index (χ0v) is 14.7. The number of nitrogens with two attached hydrogens (primary N) is 1. The largest absolute Gasteiger partial charge is 0.494 e. The monoisotopic (exact) mass is 348 g/mol. The Balaban J connectivity index is 2.25. The van der Waals surface area contributed by atoms with Gasteiger partial charge in [-0.15, -0.1) is 0 Å². The molecule has 0 fully saturated rings. The van der Waals surface area contributed by atoms with Crippen molar-refractivity contribution in [1.82, 2.24) is 4.31 Å². The van der Waals surface area contributed by atoms with Crippen LogP contribution in [0, 0.1) is 0 Å². The van der Waals surface area contributed by atoms with Crippen molar-refractivity contribution >= 4 is 10.0 Å². The van der Waals surface area contributed by atoms with Crippen molar-refractivity contribution in [3.05, 3.63) is 60.2 Å². The fourth-order valence-electron chi connectivity index (χ4n) is 2.36. The smallest absolute Gasteiger partial charge is 0.243 e. The van der Waals surface area contributed by atoms with Crippen molar-refractivity contribution in [1.29, 1.82) is 0 Å². The van der Waals surface area contributed by atoms with Gasteiger partial charge in [0.2, 0.25) is 10.0 Å². The van der Waals surface area contributed by atoms with Crippen LogP contribution in [0.15, 0.2) is 59.5 Å². The van der Waals surface area contributed by atoms with Gasteiger partial charge in [-0.05, 0) is 49.7 Å². The molecule has 6 heteroatoms. The summed E-state index contributed by atoms with van der Waals surface area (Å²) in [4.78, 5) is 0.263. The van der Waals surface area contributed by atoms with Crippen LogP contribution >= 0.6 is 0 Å². The molecule has 0 atom stereocenters. The van der Waals surface area contributed by atoms with Gasteiger partial charge in [-0.2, -0.15) is 4.31 Å². The van der Waals surface area contributed by atoms with E-state index in [0.717, 1.165) is 5.56 Å². The lowest BCUT2D eigenvalue weighted by Gasteiger charge is -2.22. The third-order valence-corrected chi connectivity index (χ3v) is 5.45. The second kappa shape index (κ2) is 8.82. The summed E-state index contributed by atoms with van der Waals surface area (Å²) < 4.78 is 32.8. The molecule has 0 heterocycles. The highest BCUT2D eigenvalue weighted by Crippen LogP contribution is 2.21.